The number of halogens is 2. The lowest BCUT2D eigenvalue weighted by molar-refractivity contribution is 0.528. The minimum Gasteiger partial charge on any atom is -0.439 e. The Morgan fingerprint density at radius 1 is 1.16 bits per heavy atom. The van der Waals surface area contributed by atoms with Crippen LogP contribution in [0.2, 0.25) is 5.02 Å². The fraction of sp³-hybridized carbons (Fsp3) is 0.143. The standard InChI is InChI=1S/C14H10BrClN2O/c15-10-7-12-14(17-8-10)18-13(19-12)6-3-9-1-4-11(16)5-2-9/h1-2,4-5,7-8H,3,6H2. The summed E-state index contributed by atoms with van der Waals surface area (Å²) >= 11 is 9.21. The summed E-state index contributed by atoms with van der Waals surface area (Å²) in [6.45, 7) is 0. The van der Waals surface area contributed by atoms with Crippen LogP contribution in [0.25, 0.3) is 11.2 Å². The Bertz CT molecular complexity index is 709. The van der Waals surface area contributed by atoms with Crippen molar-refractivity contribution in [2.24, 2.45) is 0 Å². The van der Waals surface area contributed by atoms with E-state index in [4.69, 9.17) is 16.0 Å². The van der Waals surface area contributed by atoms with Crippen molar-refractivity contribution in [3.05, 3.63) is 57.5 Å². The molecule has 5 heteroatoms. The molecule has 0 aliphatic heterocycles. The van der Waals surface area contributed by atoms with Gasteiger partial charge < -0.3 is 4.42 Å². The van der Waals surface area contributed by atoms with E-state index in [9.17, 15) is 0 Å². The number of rotatable bonds is 3. The summed E-state index contributed by atoms with van der Waals surface area (Å²) < 4.78 is 6.55. The third kappa shape index (κ3) is 2.96. The molecule has 0 aliphatic carbocycles. The minimum atomic E-state index is 0.648. The number of pyridine rings is 1. The average Bonchev–Trinajstić information content (AvgIpc) is 2.80. The van der Waals surface area contributed by atoms with Crippen molar-refractivity contribution in [3.8, 4) is 0 Å². The Morgan fingerprint density at radius 3 is 2.74 bits per heavy atom. The number of benzene rings is 1. The van der Waals surface area contributed by atoms with Gasteiger partial charge in [0.25, 0.3) is 0 Å². The first-order chi connectivity index (χ1) is 9.20. The van der Waals surface area contributed by atoms with Gasteiger partial charge in [-0.05, 0) is 40.0 Å². The molecule has 3 nitrogen and oxygen atoms in total. The maximum Gasteiger partial charge on any atom is 0.198 e. The first kappa shape index (κ1) is 12.6. The molecule has 0 amide bonds. The molecule has 0 bridgehead atoms. The number of oxazole rings is 1. The summed E-state index contributed by atoms with van der Waals surface area (Å²) in [5, 5.41) is 0.750. The van der Waals surface area contributed by atoms with Crippen LogP contribution in [-0.2, 0) is 12.8 Å². The molecule has 0 radical (unpaired) electrons. The zero-order valence-corrected chi connectivity index (χ0v) is 12.3. The van der Waals surface area contributed by atoms with Crippen molar-refractivity contribution < 1.29 is 4.42 Å². The van der Waals surface area contributed by atoms with Crippen LogP contribution in [-0.4, -0.2) is 9.97 Å². The van der Waals surface area contributed by atoms with Gasteiger partial charge in [0, 0.05) is 28.2 Å². The number of hydrogen-bond donors (Lipinski definition) is 0. The molecule has 0 aliphatic rings. The molecule has 3 aromatic rings. The monoisotopic (exact) mass is 336 g/mol. The highest BCUT2D eigenvalue weighted by Crippen LogP contribution is 2.19. The predicted molar refractivity (Wildman–Crippen MR) is 78.4 cm³/mol. The van der Waals surface area contributed by atoms with Crippen molar-refractivity contribution >= 4 is 38.8 Å². The molecule has 0 fully saturated rings. The van der Waals surface area contributed by atoms with Crippen LogP contribution >= 0.6 is 27.5 Å². The van der Waals surface area contributed by atoms with Gasteiger partial charge >= 0.3 is 0 Å². The van der Waals surface area contributed by atoms with Gasteiger partial charge in [0.05, 0.1) is 0 Å². The average molecular weight is 338 g/mol. The lowest BCUT2D eigenvalue weighted by Crippen LogP contribution is -1.91. The van der Waals surface area contributed by atoms with Crippen molar-refractivity contribution in [1.82, 2.24) is 9.97 Å². The third-order valence-corrected chi connectivity index (χ3v) is 3.48. The summed E-state index contributed by atoms with van der Waals surface area (Å²) in [6, 6.07) is 9.68. The van der Waals surface area contributed by atoms with E-state index in [0.29, 0.717) is 17.1 Å². The summed E-state index contributed by atoms with van der Waals surface area (Å²) in [5.74, 6) is 0.704. The van der Waals surface area contributed by atoms with Gasteiger partial charge in [-0.1, -0.05) is 23.7 Å². The van der Waals surface area contributed by atoms with Crippen LogP contribution in [0.1, 0.15) is 11.5 Å². The second-order valence-corrected chi connectivity index (χ2v) is 5.56. The lowest BCUT2D eigenvalue weighted by atomic mass is 10.1. The number of hydrogen-bond acceptors (Lipinski definition) is 3. The van der Waals surface area contributed by atoms with Crippen LogP contribution in [0.3, 0.4) is 0 Å². The van der Waals surface area contributed by atoms with Crippen molar-refractivity contribution in [1.29, 1.82) is 0 Å². The minimum absolute atomic E-state index is 0.648. The molecular weight excluding hydrogens is 328 g/mol. The molecule has 0 N–H and O–H groups in total. The van der Waals surface area contributed by atoms with E-state index in [1.54, 1.807) is 6.20 Å². The Labute approximate surface area is 123 Å². The van der Waals surface area contributed by atoms with E-state index < -0.39 is 0 Å². The second-order valence-electron chi connectivity index (χ2n) is 4.21. The Kier molecular flexibility index (Phi) is 3.53. The summed E-state index contributed by atoms with van der Waals surface area (Å²) in [5.41, 5.74) is 2.57. The fourth-order valence-electron chi connectivity index (χ4n) is 1.85. The van der Waals surface area contributed by atoms with Gasteiger partial charge in [-0.3, -0.25) is 0 Å². The Hall–Kier alpha value is -1.39. The molecule has 96 valence electrons. The number of aryl methyl sites for hydroxylation is 2. The van der Waals surface area contributed by atoms with Crippen molar-refractivity contribution in [2.75, 3.05) is 0 Å². The van der Waals surface area contributed by atoms with E-state index in [0.717, 1.165) is 22.3 Å². The highest BCUT2D eigenvalue weighted by molar-refractivity contribution is 9.10. The van der Waals surface area contributed by atoms with Gasteiger partial charge in [0.2, 0.25) is 0 Å². The SMILES string of the molecule is Clc1ccc(CCc2nc3ncc(Br)cc3o2)cc1. The maximum absolute atomic E-state index is 5.85. The zero-order chi connectivity index (χ0) is 13.2. The first-order valence-electron chi connectivity index (χ1n) is 5.86. The molecule has 3 rings (SSSR count). The van der Waals surface area contributed by atoms with Gasteiger partial charge in [0.15, 0.2) is 17.1 Å². The van der Waals surface area contributed by atoms with E-state index >= 15 is 0 Å². The zero-order valence-electron chi connectivity index (χ0n) is 9.94. The first-order valence-corrected chi connectivity index (χ1v) is 7.03. The van der Waals surface area contributed by atoms with Crippen LogP contribution < -0.4 is 0 Å². The van der Waals surface area contributed by atoms with E-state index in [-0.39, 0.29) is 0 Å². The van der Waals surface area contributed by atoms with E-state index in [2.05, 4.69) is 25.9 Å². The van der Waals surface area contributed by atoms with Crippen LogP contribution in [0.5, 0.6) is 0 Å². The Morgan fingerprint density at radius 2 is 1.95 bits per heavy atom. The molecule has 0 unspecified atom stereocenters. The number of nitrogens with zero attached hydrogens (tertiary/aromatic N) is 2. The number of aromatic nitrogens is 2. The maximum atomic E-state index is 5.85. The number of fused-ring (bicyclic) bond motifs is 1. The van der Waals surface area contributed by atoms with Gasteiger partial charge in [-0.15, -0.1) is 0 Å². The van der Waals surface area contributed by atoms with Crippen LogP contribution in [0.4, 0.5) is 0 Å². The molecule has 0 atom stereocenters. The van der Waals surface area contributed by atoms with E-state index in [1.165, 1.54) is 5.56 Å². The molecule has 2 aromatic heterocycles. The van der Waals surface area contributed by atoms with Crippen LogP contribution in [0.15, 0.2) is 45.4 Å². The highest BCUT2D eigenvalue weighted by Gasteiger charge is 2.07. The predicted octanol–water partition coefficient (Wildman–Crippen LogP) is 4.42. The van der Waals surface area contributed by atoms with Gasteiger partial charge in [0.1, 0.15) is 0 Å². The smallest absolute Gasteiger partial charge is 0.198 e. The molecular formula is C14H10BrClN2O. The molecule has 0 spiro atoms. The van der Waals surface area contributed by atoms with Gasteiger partial charge in [-0.25, -0.2) is 4.98 Å². The second kappa shape index (κ2) is 5.31. The lowest BCUT2D eigenvalue weighted by Gasteiger charge is -1.98. The molecule has 19 heavy (non-hydrogen) atoms. The summed E-state index contributed by atoms with van der Waals surface area (Å²) in [7, 11) is 0. The van der Waals surface area contributed by atoms with Crippen molar-refractivity contribution in [2.45, 2.75) is 12.8 Å². The highest BCUT2D eigenvalue weighted by atomic mass is 79.9. The molecule has 1 aromatic carbocycles. The topological polar surface area (TPSA) is 38.9 Å². The molecule has 2 heterocycles. The van der Waals surface area contributed by atoms with Crippen LogP contribution in [0, 0.1) is 0 Å². The Balaban J connectivity index is 1.76. The summed E-state index contributed by atoms with van der Waals surface area (Å²) in [4.78, 5) is 8.56. The van der Waals surface area contributed by atoms with Gasteiger partial charge in [-0.2, -0.15) is 4.98 Å². The largest absolute Gasteiger partial charge is 0.439 e. The quantitative estimate of drug-likeness (QED) is 0.710. The molecule has 0 saturated heterocycles. The summed E-state index contributed by atoms with van der Waals surface area (Å²) in [6.07, 6.45) is 3.33. The normalized spacial score (nSPS) is 11.1. The fourth-order valence-corrected chi connectivity index (χ4v) is 2.29. The van der Waals surface area contributed by atoms with E-state index in [1.807, 2.05) is 30.3 Å². The third-order valence-electron chi connectivity index (χ3n) is 2.80. The van der Waals surface area contributed by atoms with Crippen molar-refractivity contribution in [3.63, 3.8) is 0 Å². The molecule has 0 saturated carbocycles.